The second-order valence-corrected chi connectivity index (χ2v) is 11.8. The molecule has 0 aliphatic carbocycles. The summed E-state index contributed by atoms with van der Waals surface area (Å²) in [6.45, 7) is 2.01. The average Bonchev–Trinajstić information content (AvgIpc) is 3.51. The van der Waals surface area contributed by atoms with Gasteiger partial charge in [-0.25, -0.2) is 4.98 Å². The van der Waals surface area contributed by atoms with E-state index in [4.69, 9.17) is 10.00 Å². The van der Waals surface area contributed by atoms with E-state index in [9.17, 15) is 23.1 Å². The van der Waals surface area contributed by atoms with Gasteiger partial charge in [0.05, 0.1) is 43.9 Å². The number of aromatic nitrogens is 4. The number of nitrogens with zero attached hydrogens (tertiary/aromatic N) is 7. The van der Waals surface area contributed by atoms with Crippen LogP contribution in [0, 0.1) is 11.3 Å². The Morgan fingerprint density at radius 2 is 2.07 bits per heavy atom. The number of nitriles is 1. The van der Waals surface area contributed by atoms with E-state index in [1.165, 1.54) is 4.90 Å². The van der Waals surface area contributed by atoms with Gasteiger partial charge in [0.1, 0.15) is 23.8 Å². The van der Waals surface area contributed by atoms with Crippen molar-refractivity contribution in [2.75, 3.05) is 43.1 Å². The van der Waals surface area contributed by atoms with Crippen molar-refractivity contribution < 1.29 is 27.8 Å². The van der Waals surface area contributed by atoms with E-state index in [2.05, 4.69) is 26.6 Å². The third kappa shape index (κ3) is 5.87. The van der Waals surface area contributed by atoms with Gasteiger partial charge >= 0.3 is 6.18 Å². The van der Waals surface area contributed by atoms with Crippen LogP contribution in [0.15, 0.2) is 30.6 Å². The Bertz CT molecular complexity index is 1600. The lowest BCUT2D eigenvalue weighted by molar-refractivity contribution is -0.138. The van der Waals surface area contributed by atoms with Gasteiger partial charge < -0.3 is 19.7 Å². The van der Waals surface area contributed by atoms with Gasteiger partial charge in [-0.15, -0.1) is 10.2 Å². The fraction of sp³-hybridized carbons (Fsp3) is 0.500. The summed E-state index contributed by atoms with van der Waals surface area (Å²) in [6.07, 6.45) is -1.46. The summed E-state index contributed by atoms with van der Waals surface area (Å²) < 4.78 is 50.6. The second kappa shape index (κ2) is 11.8. The van der Waals surface area contributed by atoms with E-state index in [0.717, 1.165) is 23.9 Å². The Morgan fingerprint density at radius 3 is 2.73 bits per heavy atom. The van der Waals surface area contributed by atoms with Crippen LogP contribution in [0.3, 0.4) is 0 Å². The summed E-state index contributed by atoms with van der Waals surface area (Å²) in [5.74, 6) is 0.784. The number of nitrogens with one attached hydrogen (secondary N) is 1. The van der Waals surface area contributed by atoms with Crippen LogP contribution in [0.1, 0.15) is 57.7 Å². The average molecular weight is 611 g/mol. The number of ether oxygens (including phenoxy) is 1. The maximum atomic E-state index is 14.4. The van der Waals surface area contributed by atoms with Gasteiger partial charge in [0.25, 0.3) is 5.91 Å². The van der Waals surface area contributed by atoms with Gasteiger partial charge in [-0.05, 0) is 60.3 Å². The lowest BCUT2D eigenvalue weighted by Crippen LogP contribution is -2.49. The SMILES string of the molecule is Cn1cnnc1CC1(c2cc(NCCC#N)nc(N3Cc4c(cc(CN5CCCC(O)C5)cc4C(F)(F)F)C3=O)c2)COC1. The van der Waals surface area contributed by atoms with E-state index < -0.39 is 29.2 Å². The molecule has 5 heterocycles. The molecule has 3 aliphatic heterocycles. The third-order valence-electron chi connectivity index (χ3n) is 8.60. The number of amides is 1. The summed E-state index contributed by atoms with van der Waals surface area (Å²) in [4.78, 5) is 21.7. The highest BCUT2D eigenvalue weighted by atomic mass is 19.4. The Hall–Kier alpha value is -4.06. The molecule has 0 bridgehead atoms. The molecule has 0 radical (unpaired) electrons. The summed E-state index contributed by atoms with van der Waals surface area (Å²) in [7, 11) is 1.84. The van der Waals surface area contributed by atoms with Crippen molar-refractivity contribution in [3.63, 3.8) is 0 Å². The highest BCUT2D eigenvalue weighted by Gasteiger charge is 2.44. The number of hydrogen-bond donors (Lipinski definition) is 2. The molecule has 1 aromatic carbocycles. The fourth-order valence-electron chi connectivity index (χ4n) is 6.22. The van der Waals surface area contributed by atoms with E-state index in [-0.39, 0.29) is 36.5 Å². The van der Waals surface area contributed by atoms with Crippen molar-refractivity contribution >= 4 is 17.5 Å². The van der Waals surface area contributed by atoms with Crippen LogP contribution in [0.25, 0.3) is 0 Å². The minimum atomic E-state index is -4.67. The van der Waals surface area contributed by atoms with E-state index in [1.807, 2.05) is 22.6 Å². The molecular weight excluding hydrogens is 577 g/mol. The molecule has 2 N–H and O–H groups in total. The molecule has 2 saturated heterocycles. The molecule has 2 fully saturated rings. The predicted molar refractivity (Wildman–Crippen MR) is 153 cm³/mol. The van der Waals surface area contributed by atoms with Crippen LogP contribution in [-0.2, 0) is 42.9 Å². The minimum absolute atomic E-state index is 0.000601. The molecule has 3 aromatic rings. The molecule has 0 saturated carbocycles. The van der Waals surface area contributed by atoms with Crippen LogP contribution in [0.4, 0.5) is 24.8 Å². The number of aryl methyl sites for hydroxylation is 1. The largest absolute Gasteiger partial charge is 0.416 e. The number of likely N-dealkylation sites (tertiary alicyclic amines) is 1. The van der Waals surface area contributed by atoms with Crippen molar-refractivity contribution in [1.29, 1.82) is 5.26 Å². The zero-order valence-corrected chi connectivity index (χ0v) is 24.3. The first kappa shape index (κ1) is 30.0. The number of halogens is 3. The summed E-state index contributed by atoms with van der Waals surface area (Å²) >= 11 is 0. The first-order valence-electron chi connectivity index (χ1n) is 14.6. The van der Waals surface area contributed by atoms with Crippen LogP contribution in [0.2, 0.25) is 0 Å². The molecule has 14 heteroatoms. The van der Waals surface area contributed by atoms with Crippen molar-refractivity contribution in [3.05, 3.63) is 64.2 Å². The van der Waals surface area contributed by atoms with E-state index >= 15 is 0 Å². The van der Waals surface area contributed by atoms with Gasteiger partial charge in [-0.3, -0.25) is 14.6 Å². The number of pyridine rings is 1. The van der Waals surface area contributed by atoms with Gasteiger partial charge in [-0.2, -0.15) is 18.4 Å². The molecule has 232 valence electrons. The minimum Gasteiger partial charge on any atom is -0.392 e. The zero-order chi connectivity index (χ0) is 31.1. The zero-order valence-electron chi connectivity index (χ0n) is 24.3. The smallest absolute Gasteiger partial charge is 0.392 e. The number of anilines is 2. The summed E-state index contributed by atoms with van der Waals surface area (Å²) in [5.41, 5.74) is -0.275. The Balaban J connectivity index is 1.36. The monoisotopic (exact) mass is 610 g/mol. The number of carbonyl (C=O) groups is 1. The molecule has 1 atom stereocenters. The third-order valence-corrected chi connectivity index (χ3v) is 8.60. The summed E-state index contributed by atoms with van der Waals surface area (Å²) in [5, 5.41) is 30.4. The van der Waals surface area contributed by atoms with Crippen molar-refractivity contribution in [3.8, 4) is 6.07 Å². The number of fused-ring (bicyclic) bond motifs is 1. The first-order valence-corrected chi connectivity index (χ1v) is 14.6. The van der Waals surface area contributed by atoms with Crippen LogP contribution in [-0.4, -0.2) is 74.6 Å². The number of benzene rings is 1. The van der Waals surface area contributed by atoms with E-state index in [0.29, 0.717) is 57.1 Å². The summed E-state index contributed by atoms with van der Waals surface area (Å²) in [6, 6.07) is 8.30. The second-order valence-electron chi connectivity index (χ2n) is 11.8. The van der Waals surface area contributed by atoms with Crippen molar-refractivity contribution in [2.24, 2.45) is 7.05 Å². The number of aliphatic hydroxyl groups excluding tert-OH is 1. The first-order chi connectivity index (χ1) is 21.1. The van der Waals surface area contributed by atoms with Gasteiger partial charge in [0.15, 0.2) is 0 Å². The number of hydrogen-bond acceptors (Lipinski definition) is 9. The highest BCUT2D eigenvalue weighted by molar-refractivity contribution is 6.10. The molecule has 1 unspecified atom stereocenters. The van der Waals surface area contributed by atoms with Gasteiger partial charge in [0.2, 0.25) is 0 Å². The Morgan fingerprint density at radius 1 is 1.25 bits per heavy atom. The highest BCUT2D eigenvalue weighted by Crippen LogP contribution is 2.42. The molecule has 1 amide bonds. The van der Waals surface area contributed by atoms with E-state index in [1.54, 1.807) is 18.5 Å². The molecule has 11 nitrogen and oxygen atoms in total. The number of aliphatic hydroxyl groups is 1. The maximum Gasteiger partial charge on any atom is 0.416 e. The predicted octanol–water partition coefficient (Wildman–Crippen LogP) is 3.18. The maximum absolute atomic E-state index is 14.4. The number of piperidine rings is 1. The lowest BCUT2D eigenvalue weighted by atomic mass is 9.75. The van der Waals surface area contributed by atoms with Crippen molar-refractivity contribution in [1.82, 2.24) is 24.6 Å². The van der Waals surface area contributed by atoms with Crippen LogP contribution >= 0.6 is 0 Å². The van der Waals surface area contributed by atoms with Crippen LogP contribution in [0.5, 0.6) is 0 Å². The van der Waals surface area contributed by atoms with Crippen LogP contribution < -0.4 is 10.2 Å². The molecule has 0 spiro atoms. The number of carbonyl (C=O) groups excluding carboxylic acids is 1. The Kier molecular flexibility index (Phi) is 8.04. The molecule has 44 heavy (non-hydrogen) atoms. The number of β-amino-alcohol motifs (C(OH)–C–C–N with tert-alkyl or cyclic N) is 1. The standard InChI is InChI=1S/C30H33F3N8O3/c1-39-18-36-38-27(39)12-29(16-44-17-29)20-10-25(35-6-3-5-34)37-26(11-20)41-15-23-22(28(41)43)8-19(9-24(23)30(31,32)33)13-40-7-2-4-21(42)14-40/h8-11,18,21,42H,2-4,6-7,12-17H2,1H3,(H,35,37). The molecule has 6 rings (SSSR count). The molecule has 3 aliphatic rings. The number of rotatable bonds is 9. The molecule has 2 aromatic heterocycles. The topological polar surface area (TPSA) is 132 Å². The Labute approximate surface area is 252 Å². The fourth-order valence-corrected chi connectivity index (χ4v) is 6.22. The molecular formula is C30H33F3N8O3. The van der Waals surface area contributed by atoms with Crippen molar-refractivity contribution in [2.45, 2.75) is 56.5 Å². The van der Waals surface area contributed by atoms with Gasteiger partial charge in [0, 0.05) is 44.1 Å². The van der Waals surface area contributed by atoms with Gasteiger partial charge in [-0.1, -0.05) is 0 Å². The number of alkyl halides is 3. The quantitative estimate of drug-likeness (QED) is 0.351. The normalized spacial score (nSPS) is 19.9. The lowest BCUT2D eigenvalue weighted by Gasteiger charge is -2.42.